The second-order valence-corrected chi connectivity index (χ2v) is 4.91. The summed E-state index contributed by atoms with van der Waals surface area (Å²) >= 11 is 8.25. The van der Waals surface area contributed by atoms with Crippen LogP contribution in [0.15, 0.2) is 18.2 Å². The van der Waals surface area contributed by atoms with Crippen LogP contribution in [0.5, 0.6) is 0 Å². The first-order valence-electron chi connectivity index (χ1n) is 4.46. The van der Waals surface area contributed by atoms with Crippen LogP contribution in [0.4, 0.5) is 0 Å². The molecule has 1 heterocycles. The molecule has 0 aromatic heterocycles. The van der Waals surface area contributed by atoms with Gasteiger partial charge in [0.25, 0.3) is 0 Å². The quantitative estimate of drug-likeness (QED) is 0.785. The second-order valence-electron chi connectivity index (χ2n) is 3.31. The molecule has 1 nitrogen and oxygen atoms in total. The zero-order chi connectivity index (χ0) is 9.26. The molecule has 0 unspecified atom stereocenters. The van der Waals surface area contributed by atoms with Gasteiger partial charge in [-0.25, -0.2) is 0 Å². The number of nitrogens with one attached hydrogen (secondary N) is 1. The molecule has 1 aliphatic rings. The third-order valence-electron chi connectivity index (χ3n) is 2.40. The van der Waals surface area contributed by atoms with Gasteiger partial charge in [0.1, 0.15) is 0 Å². The highest BCUT2D eigenvalue weighted by atomic mass is 127. The molecule has 1 atom stereocenters. The van der Waals surface area contributed by atoms with E-state index in [1.165, 1.54) is 22.0 Å². The molecule has 3 heteroatoms. The lowest BCUT2D eigenvalue weighted by Crippen LogP contribution is -2.13. The lowest BCUT2D eigenvalue weighted by molar-refractivity contribution is 0.644. The molecular weight excluding hydrogens is 296 g/mol. The summed E-state index contributed by atoms with van der Waals surface area (Å²) in [5.41, 5.74) is 1.39. The second kappa shape index (κ2) is 4.15. The van der Waals surface area contributed by atoms with Crippen molar-refractivity contribution in [2.45, 2.75) is 18.9 Å². The molecule has 0 amide bonds. The molecule has 0 bridgehead atoms. The number of hydrogen-bond donors (Lipinski definition) is 1. The van der Waals surface area contributed by atoms with E-state index in [1.54, 1.807) is 0 Å². The van der Waals surface area contributed by atoms with Gasteiger partial charge in [0.15, 0.2) is 0 Å². The zero-order valence-corrected chi connectivity index (χ0v) is 10.1. The first kappa shape index (κ1) is 9.74. The Labute approximate surface area is 97.0 Å². The topological polar surface area (TPSA) is 12.0 Å². The standard InChI is InChI=1S/C10H11ClIN/c11-7-3-4-8(9(12)6-7)10-2-1-5-13-10/h3-4,6,10,13H,1-2,5H2/t10-/m0/s1. The van der Waals surface area contributed by atoms with E-state index in [9.17, 15) is 0 Å². The van der Waals surface area contributed by atoms with E-state index in [2.05, 4.69) is 34.0 Å². The van der Waals surface area contributed by atoms with Crippen molar-refractivity contribution in [2.24, 2.45) is 0 Å². The highest BCUT2D eigenvalue weighted by Crippen LogP contribution is 2.28. The molecule has 70 valence electrons. The molecule has 13 heavy (non-hydrogen) atoms. The molecule has 1 fully saturated rings. The minimum atomic E-state index is 0.546. The fourth-order valence-electron chi connectivity index (χ4n) is 1.73. The summed E-state index contributed by atoms with van der Waals surface area (Å²) in [7, 11) is 0. The predicted octanol–water partition coefficient (Wildman–Crippen LogP) is 3.37. The van der Waals surface area contributed by atoms with Crippen LogP contribution in [-0.2, 0) is 0 Å². The Morgan fingerprint density at radius 1 is 1.46 bits per heavy atom. The van der Waals surface area contributed by atoms with Crippen LogP contribution < -0.4 is 5.32 Å². The molecule has 2 rings (SSSR count). The summed E-state index contributed by atoms with van der Waals surface area (Å²) in [5.74, 6) is 0. The summed E-state index contributed by atoms with van der Waals surface area (Å²) in [5, 5.41) is 4.31. The molecule has 1 saturated heterocycles. The van der Waals surface area contributed by atoms with Crippen LogP contribution in [0.25, 0.3) is 0 Å². The Kier molecular flexibility index (Phi) is 3.11. The molecule has 0 saturated carbocycles. The fraction of sp³-hybridized carbons (Fsp3) is 0.400. The molecule has 1 aromatic rings. The van der Waals surface area contributed by atoms with Crippen molar-refractivity contribution in [3.63, 3.8) is 0 Å². The van der Waals surface area contributed by atoms with Gasteiger partial charge >= 0.3 is 0 Å². The van der Waals surface area contributed by atoms with Crippen LogP contribution in [0, 0.1) is 3.57 Å². The molecule has 0 aliphatic carbocycles. The van der Waals surface area contributed by atoms with Crippen molar-refractivity contribution in [1.29, 1.82) is 0 Å². The van der Waals surface area contributed by atoms with E-state index in [1.807, 2.05) is 12.1 Å². The zero-order valence-electron chi connectivity index (χ0n) is 7.19. The first-order chi connectivity index (χ1) is 6.27. The average Bonchev–Trinajstić information content (AvgIpc) is 2.56. The van der Waals surface area contributed by atoms with E-state index in [-0.39, 0.29) is 0 Å². The maximum atomic E-state index is 5.90. The average molecular weight is 308 g/mol. The normalized spacial score (nSPS) is 22.2. The number of hydrogen-bond acceptors (Lipinski definition) is 1. The summed E-state index contributed by atoms with van der Waals surface area (Å²) < 4.78 is 1.27. The van der Waals surface area contributed by atoms with E-state index >= 15 is 0 Å². The Hall–Kier alpha value is 0.200. The molecule has 1 N–H and O–H groups in total. The van der Waals surface area contributed by atoms with Crippen molar-refractivity contribution in [3.05, 3.63) is 32.4 Å². The molecule has 1 aliphatic heterocycles. The number of benzene rings is 1. The van der Waals surface area contributed by atoms with Gasteiger partial charge in [0, 0.05) is 14.6 Å². The maximum absolute atomic E-state index is 5.90. The highest BCUT2D eigenvalue weighted by Gasteiger charge is 2.17. The van der Waals surface area contributed by atoms with Crippen molar-refractivity contribution in [1.82, 2.24) is 5.32 Å². The monoisotopic (exact) mass is 307 g/mol. The van der Waals surface area contributed by atoms with Crippen LogP contribution in [-0.4, -0.2) is 6.54 Å². The van der Waals surface area contributed by atoms with E-state index in [0.29, 0.717) is 6.04 Å². The largest absolute Gasteiger partial charge is 0.310 e. The number of rotatable bonds is 1. The van der Waals surface area contributed by atoms with Crippen LogP contribution in [0.1, 0.15) is 24.4 Å². The minimum absolute atomic E-state index is 0.546. The Morgan fingerprint density at radius 3 is 2.92 bits per heavy atom. The van der Waals surface area contributed by atoms with Crippen molar-refractivity contribution >= 4 is 34.2 Å². The van der Waals surface area contributed by atoms with Crippen molar-refractivity contribution in [3.8, 4) is 0 Å². The first-order valence-corrected chi connectivity index (χ1v) is 5.91. The van der Waals surface area contributed by atoms with Gasteiger partial charge in [-0.05, 0) is 59.7 Å². The lowest BCUT2D eigenvalue weighted by atomic mass is 10.1. The Bertz CT molecular complexity index is 308. The summed E-state index contributed by atoms with van der Waals surface area (Å²) in [6, 6.07) is 6.67. The molecule has 0 spiro atoms. The van der Waals surface area contributed by atoms with Gasteiger partial charge < -0.3 is 5.32 Å². The van der Waals surface area contributed by atoms with Crippen molar-refractivity contribution in [2.75, 3.05) is 6.54 Å². The maximum Gasteiger partial charge on any atom is 0.0416 e. The third kappa shape index (κ3) is 2.17. The summed E-state index contributed by atoms with van der Waals surface area (Å²) in [6.45, 7) is 1.14. The highest BCUT2D eigenvalue weighted by molar-refractivity contribution is 14.1. The van der Waals surface area contributed by atoms with Crippen LogP contribution in [0.2, 0.25) is 5.02 Å². The van der Waals surface area contributed by atoms with Gasteiger partial charge in [-0.2, -0.15) is 0 Å². The Balaban J connectivity index is 2.29. The smallest absolute Gasteiger partial charge is 0.0416 e. The van der Waals surface area contributed by atoms with Gasteiger partial charge in [-0.3, -0.25) is 0 Å². The van der Waals surface area contributed by atoms with E-state index in [0.717, 1.165) is 11.6 Å². The van der Waals surface area contributed by atoms with E-state index in [4.69, 9.17) is 11.6 Å². The number of halogens is 2. The van der Waals surface area contributed by atoms with Crippen molar-refractivity contribution < 1.29 is 0 Å². The van der Waals surface area contributed by atoms with Gasteiger partial charge in [-0.15, -0.1) is 0 Å². The third-order valence-corrected chi connectivity index (χ3v) is 3.57. The van der Waals surface area contributed by atoms with E-state index < -0.39 is 0 Å². The van der Waals surface area contributed by atoms with Gasteiger partial charge in [-0.1, -0.05) is 17.7 Å². The molecule has 1 aromatic carbocycles. The Morgan fingerprint density at radius 2 is 2.31 bits per heavy atom. The summed E-state index contributed by atoms with van der Waals surface area (Å²) in [6.07, 6.45) is 2.53. The summed E-state index contributed by atoms with van der Waals surface area (Å²) in [4.78, 5) is 0. The fourth-order valence-corrected chi connectivity index (χ4v) is 2.98. The molecular formula is C10H11ClIN. The lowest BCUT2D eigenvalue weighted by Gasteiger charge is -2.12. The van der Waals surface area contributed by atoms with Gasteiger partial charge in [0.2, 0.25) is 0 Å². The predicted molar refractivity (Wildman–Crippen MR) is 64.1 cm³/mol. The molecule has 0 radical (unpaired) electrons. The van der Waals surface area contributed by atoms with Gasteiger partial charge in [0.05, 0.1) is 0 Å². The van der Waals surface area contributed by atoms with Crippen LogP contribution >= 0.6 is 34.2 Å². The van der Waals surface area contributed by atoms with Crippen LogP contribution in [0.3, 0.4) is 0 Å². The minimum Gasteiger partial charge on any atom is -0.310 e. The SMILES string of the molecule is Clc1ccc([C@@H]2CCCN2)c(I)c1.